The predicted octanol–water partition coefficient (Wildman–Crippen LogP) is 3.21. The second kappa shape index (κ2) is 6.37. The maximum atomic E-state index is 10.3. The standard InChI is InChI=1S/C21H20N4O4/c1-26-13-6-7-14(15(9-13)27-2)17-19(10-22,11-23)20(12-24)16-5-3-4-8-21(16,28-17)29-18(20)25/h6-7,9,16-17,25H,3-5,8H2,1-2H3. The molecule has 1 N–H and O–H groups in total. The summed E-state index contributed by atoms with van der Waals surface area (Å²) >= 11 is 0. The maximum Gasteiger partial charge on any atom is 0.217 e. The molecule has 3 aliphatic rings. The molecule has 1 aromatic rings. The van der Waals surface area contributed by atoms with Crippen LogP contribution in [0.1, 0.15) is 37.4 Å². The normalized spacial score (nSPS) is 34.0. The highest BCUT2D eigenvalue weighted by atomic mass is 16.7. The zero-order chi connectivity index (χ0) is 20.9. The molecule has 4 rings (SSSR count). The second-order valence-electron chi connectivity index (χ2n) is 7.60. The molecule has 1 saturated carbocycles. The Morgan fingerprint density at radius 2 is 1.86 bits per heavy atom. The summed E-state index contributed by atoms with van der Waals surface area (Å²) in [4.78, 5) is 0. The molecule has 0 spiro atoms. The van der Waals surface area contributed by atoms with Crippen LogP contribution in [0.5, 0.6) is 11.5 Å². The van der Waals surface area contributed by atoms with Gasteiger partial charge < -0.3 is 18.9 Å². The third kappa shape index (κ3) is 2.11. The van der Waals surface area contributed by atoms with E-state index in [4.69, 9.17) is 24.4 Å². The number of hydrogen-bond donors (Lipinski definition) is 1. The quantitative estimate of drug-likeness (QED) is 0.835. The smallest absolute Gasteiger partial charge is 0.217 e. The van der Waals surface area contributed by atoms with E-state index in [1.807, 2.05) is 0 Å². The summed E-state index contributed by atoms with van der Waals surface area (Å²) in [6.07, 6.45) is 1.54. The molecule has 0 amide bonds. The Balaban J connectivity index is 2.00. The SMILES string of the molecule is COc1ccc(C2OC34CCCCC3C(C#N)(C(=N)O4)C2(C#N)C#N)c(OC)c1. The molecule has 148 valence electrons. The third-order valence-electron chi connectivity index (χ3n) is 6.54. The molecule has 2 heterocycles. The van der Waals surface area contributed by atoms with E-state index >= 15 is 0 Å². The molecule has 4 atom stereocenters. The number of nitriles is 3. The van der Waals surface area contributed by atoms with Crippen LogP contribution in [0.2, 0.25) is 0 Å². The van der Waals surface area contributed by atoms with Crippen molar-refractivity contribution in [2.45, 2.75) is 37.6 Å². The second-order valence-corrected chi connectivity index (χ2v) is 7.60. The van der Waals surface area contributed by atoms with E-state index in [0.29, 0.717) is 29.9 Å². The van der Waals surface area contributed by atoms with E-state index in [9.17, 15) is 15.8 Å². The number of benzene rings is 1. The monoisotopic (exact) mass is 392 g/mol. The minimum Gasteiger partial charge on any atom is -0.497 e. The van der Waals surface area contributed by atoms with Crippen molar-refractivity contribution in [2.75, 3.05) is 14.2 Å². The highest BCUT2D eigenvalue weighted by molar-refractivity contribution is 5.89. The average molecular weight is 392 g/mol. The Bertz CT molecular complexity index is 989. The fraction of sp³-hybridized carbons (Fsp3) is 0.524. The van der Waals surface area contributed by atoms with Crippen LogP contribution in [0.15, 0.2) is 18.2 Å². The van der Waals surface area contributed by atoms with E-state index in [0.717, 1.165) is 12.8 Å². The fourth-order valence-corrected chi connectivity index (χ4v) is 5.17. The van der Waals surface area contributed by atoms with Gasteiger partial charge in [0.25, 0.3) is 0 Å². The number of nitrogens with zero attached hydrogens (tertiary/aromatic N) is 3. The van der Waals surface area contributed by atoms with Crippen LogP contribution in [-0.4, -0.2) is 25.9 Å². The van der Waals surface area contributed by atoms with Crippen molar-refractivity contribution in [1.29, 1.82) is 21.2 Å². The van der Waals surface area contributed by atoms with E-state index in [-0.39, 0.29) is 5.90 Å². The van der Waals surface area contributed by atoms with Crippen LogP contribution in [-0.2, 0) is 9.47 Å². The minimum absolute atomic E-state index is 0.357. The summed E-state index contributed by atoms with van der Waals surface area (Å²) in [6, 6.07) is 11.3. The highest BCUT2D eigenvalue weighted by Crippen LogP contribution is 2.70. The highest BCUT2D eigenvalue weighted by Gasteiger charge is 2.80. The molecule has 1 aromatic carbocycles. The lowest BCUT2D eigenvalue weighted by molar-refractivity contribution is -0.294. The van der Waals surface area contributed by atoms with Crippen LogP contribution >= 0.6 is 0 Å². The first-order chi connectivity index (χ1) is 14.0. The number of ether oxygens (including phenoxy) is 4. The number of rotatable bonds is 3. The van der Waals surface area contributed by atoms with Crippen LogP contribution in [0.3, 0.4) is 0 Å². The summed E-state index contributed by atoms with van der Waals surface area (Å²) in [6.45, 7) is 0. The number of methoxy groups -OCH3 is 2. The Labute approximate surface area is 168 Å². The van der Waals surface area contributed by atoms with Crippen LogP contribution in [0.4, 0.5) is 0 Å². The van der Waals surface area contributed by atoms with Crippen molar-refractivity contribution in [3.8, 4) is 29.7 Å². The molecule has 8 heteroatoms. The summed E-state index contributed by atoms with van der Waals surface area (Å²) in [7, 11) is 2.99. The lowest BCUT2D eigenvalue weighted by atomic mass is 9.51. The van der Waals surface area contributed by atoms with Gasteiger partial charge in [0.2, 0.25) is 17.1 Å². The molecular formula is C21H20N4O4. The Morgan fingerprint density at radius 3 is 2.48 bits per heavy atom. The van der Waals surface area contributed by atoms with Gasteiger partial charge in [0, 0.05) is 18.1 Å². The lowest BCUT2D eigenvalue weighted by Crippen LogP contribution is -2.60. The zero-order valence-electron chi connectivity index (χ0n) is 16.2. The van der Waals surface area contributed by atoms with Gasteiger partial charge in [-0.2, -0.15) is 15.8 Å². The largest absolute Gasteiger partial charge is 0.497 e. The van der Waals surface area contributed by atoms with Crippen LogP contribution < -0.4 is 9.47 Å². The molecule has 0 aromatic heterocycles. The van der Waals surface area contributed by atoms with Gasteiger partial charge in [0.05, 0.1) is 38.3 Å². The molecule has 3 fully saturated rings. The van der Waals surface area contributed by atoms with Gasteiger partial charge in [0.1, 0.15) is 17.6 Å². The van der Waals surface area contributed by atoms with Gasteiger partial charge in [-0.15, -0.1) is 0 Å². The summed E-state index contributed by atoms with van der Waals surface area (Å²) < 4.78 is 23.0. The van der Waals surface area contributed by atoms with Crippen LogP contribution in [0.25, 0.3) is 0 Å². The predicted molar refractivity (Wildman–Crippen MR) is 98.6 cm³/mol. The van der Waals surface area contributed by atoms with Gasteiger partial charge in [-0.3, -0.25) is 5.41 Å². The molecule has 0 radical (unpaired) electrons. The van der Waals surface area contributed by atoms with Crippen molar-refractivity contribution >= 4 is 5.90 Å². The topological polar surface area (TPSA) is 132 Å². The Hall–Kier alpha value is -3.28. The van der Waals surface area contributed by atoms with E-state index < -0.39 is 28.6 Å². The van der Waals surface area contributed by atoms with E-state index in [1.54, 1.807) is 18.2 Å². The first-order valence-corrected chi connectivity index (χ1v) is 9.40. The van der Waals surface area contributed by atoms with Gasteiger partial charge >= 0.3 is 0 Å². The fourth-order valence-electron chi connectivity index (χ4n) is 5.17. The Morgan fingerprint density at radius 1 is 1.10 bits per heavy atom. The molecule has 2 bridgehead atoms. The van der Waals surface area contributed by atoms with Gasteiger partial charge in [-0.1, -0.05) is 6.42 Å². The van der Waals surface area contributed by atoms with Gasteiger partial charge in [-0.25, -0.2) is 0 Å². The first-order valence-electron chi connectivity index (χ1n) is 9.40. The molecule has 2 saturated heterocycles. The molecule has 1 aliphatic carbocycles. The van der Waals surface area contributed by atoms with E-state index in [1.165, 1.54) is 14.2 Å². The number of nitrogens with one attached hydrogen (secondary N) is 1. The maximum absolute atomic E-state index is 10.3. The van der Waals surface area contributed by atoms with Crippen molar-refractivity contribution in [1.82, 2.24) is 0 Å². The first kappa shape index (κ1) is 19.1. The van der Waals surface area contributed by atoms with Crippen molar-refractivity contribution < 1.29 is 18.9 Å². The van der Waals surface area contributed by atoms with Crippen molar-refractivity contribution in [2.24, 2.45) is 16.7 Å². The summed E-state index contributed by atoms with van der Waals surface area (Å²) in [5.41, 5.74) is -3.24. The third-order valence-corrected chi connectivity index (χ3v) is 6.54. The van der Waals surface area contributed by atoms with Crippen LogP contribution in [0, 0.1) is 56.2 Å². The van der Waals surface area contributed by atoms with Gasteiger partial charge in [0.15, 0.2) is 5.41 Å². The molecule has 29 heavy (non-hydrogen) atoms. The van der Waals surface area contributed by atoms with Crippen molar-refractivity contribution in [3.63, 3.8) is 0 Å². The summed E-state index contributed by atoms with van der Waals surface area (Å²) in [5, 5.41) is 39.3. The molecule has 8 nitrogen and oxygen atoms in total. The van der Waals surface area contributed by atoms with E-state index in [2.05, 4.69) is 18.2 Å². The molecule has 2 aliphatic heterocycles. The van der Waals surface area contributed by atoms with Gasteiger partial charge in [-0.05, 0) is 25.0 Å². The Kier molecular flexibility index (Phi) is 4.19. The minimum atomic E-state index is -1.97. The zero-order valence-corrected chi connectivity index (χ0v) is 16.2. The lowest BCUT2D eigenvalue weighted by Gasteiger charge is -2.51. The average Bonchev–Trinajstić information content (AvgIpc) is 2.97. The number of hydrogen-bond acceptors (Lipinski definition) is 8. The van der Waals surface area contributed by atoms with Crippen molar-refractivity contribution in [3.05, 3.63) is 23.8 Å². The molecule has 4 unspecified atom stereocenters. The summed E-state index contributed by atoms with van der Waals surface area (Å²) in [5.74, 6) is -1.20. The molecular weight excluding hydrogens is 372 g/mol.